The van der Waals surface area contributed by atoms with Crippen LogP contribution in [0, 0.1) is 5.92 Å². The van der Waals surface area contributed by atoms with Crippen LogP contribution in [-0.4, -0.2) is 15.2 Å². The zero-order valence-corrected chi connectivity index (χ0v) is 9.37. The number of halogens is 1. The van der Waals surface area contributed by atoms with Gasteiger partial charge in [0.15, 0.2) is 0 Å². The molecular formula is C11H17ClN2. The van der Waals surface area contributed by atoms with E-state index in [1.54, 1.807) is 0 Å². The summed E-state index contributed by atoms with van der Waals surface area (Å²) in [6.45, 7) is 3.08. The van der Waals surface area contributed by atoms with Crippen molar-refractivity contribution < 1.29 is 0 Å². The van der Waals surface area contributed by atoms with Gasteiger partial charge in [-0.05, 0) is 44.6 Å². The van der Waals surface area contributed by atoms with Crippen LogP contribution in [0.4, 0.5) is 0 Å². The van der Waals surface area contributed by atoms with E-state index in [1.165, 1.54) is 18.5 Å². The highest BCUT2D eigenvalue weighted by Gasteiger charge is 2.29. The smallest absolute Gasteiger partial charge is 0.0492 e. The summed E-state index contributed by atoms with van der Waals surface area (Å²) < 4.78 is 2.05. The summed E-state index contributed by atoms with van der Waals surface area (Å²) in [6.07, 6.45) is 6.71. The zero-order valence-electron chi connectivity index (χ0n) is 8.62. The predicted octanol–water partition coefficient (Wildman–Crippen LogP) is 2.85. The zero-order chi connectivity index (χ0) is 9.97. The molecular weight excluding hydrogens is 196 g/mol. The molecule has 2 nitrogen and oxygen atoms in total. The van der Waals surface area contributed by atoms with E-state index in [4.69, 9.17) is 11.6 Å². The topological polar surface area (TPSA) is 17.8 Å². The van der Waals surface area contributed by atoms with Crippen molar-refractivity contribution in [2.24, 2.45) is 5.92 Å². The highest BCUT2D eigenvalue weighted by atomic mass is 35.5. The summed E-state index contributed by atoms with van der Waals surface area (Å²) in [7, 11) is 0. The number of hydrogen-bond acceptors (Lipinski definition) is 1. The Kier molecular flexibility index (Phi) is 3.12. The number of aromatic nitrogens is 2. The number of hydrogen-bond donors (Lipinski definition) is 0. The minimum absolute atomic E-state index is 0.384. The molecule has 1 fully saturated rings. The largest absolute Gasteiger partial charge is 0.270 e. The summed E-state index contributed by atoms with van der Waals surface area (Å²) in [4.78, 5) is 0. The van der Waals surface area contributed by atoms with Gasteiger partial charge in [0, 0.05) is 23.8 Å². The maximum absolute atomic E-state index is 6.26. The van der Waals surface area contributed by atoms with Gasteiger partial charge in [-0.15, -0.1) is 11.6 Å². The average molecular weight is 213 g/mol. The second-order valence-electron chi connectivity index (χ2n) is 4.03. The van der Waals surface area contributed by atoms with Gasteiger partial charge in [-0.2, -0.15) is 5.10 Å². The van der Waals surface area contributed by atoms with E-state index in [1.807, 2.05) is 6.20 Å². The van der Waals surface area contributed by atoms with Crippen LogP contribution < -0.4 is 0 Å². The molecule has 0 spiro atoms. The maximum Gasteiger partial charge on any atom is 0.0492 e. The van der Waals surface area contributed by atoms with Crippen LogP contribution in [0.3, 0.4) is 0 Å². The molecule has 1 saturated carbocycles. The molecule has 1 aliphatic rings. The molecule has 2 rings (SSSR count). The molecule has 0 radical (unpaired) electrons. The molecule has 1 heterocycles. The van der Waals surface area contributed by atoms with Gasteiger partial charge in [0.1, 0.15) is 0 Å². The Morgan fingerprint density at radius 3 is 3.07 bits per heavy atom. The van der Waals surface area contributed by atoms with Gasteiger partial charge >= 0.3 is 0 Å². The lowest BCUT2D eigenvalue weighted by Crippen LogP contribution is -2.07. The Morgan fingerprint density at radius 1 is 1.64 bits per heavy atom. The third kappa shape index (κ3) is 2.30. The fraction of sp³-hybridized carbons (Fsp3) is 0.727. The molecule has 0 amide bonds. The molecule has 78 valence electrons. The van der Waals surface area contributed by atoms with E-state index < -0.39 is 0 Å². The van der Waals surface area contributed by atoms with Crippen molar-refractivity contribution >= 4 is 11.6 Å². The average Bonchev–Trinajstić information content (AvgIpc) is 2.94. The molecule has 0 saturated heterocycles. The van der Waals surface area contributed by atoms with Crippen LogP contribution in [0.15, 0.2) is 12.3 Å². The molecule has 1 aliphatic carbocycles. The van der Waals surface area contributed by atoms with Crippen LogP contribution in [-0.2, 0) is 13.0 Å². The first kappa shape index (κ1) is 10.0. The van der Waals surface area contributed by atoms with Crippen LogP contribution in [0.5, 0.6) is 0 Å². The second kappa shape index (κ2) is 4.35. The summed E-state index contributed by atoms with van der Waals surface area (Å²) in [5.41, 5.74) is 1.32. The minimum Gasteiger partial charge on any atom is -0.270 e. The molecule has 1 aromatic rings. The normalized spacial score (nSPS) is 18.4. The van der Waals surface area contributed by atoms with Crippen LogP contribution in [0.25, 0.3) is 0 Å². The van der Waals surface area contributed by atoms with Crippen LogP contribution in [0.1, 0.15) is 31.9 Å². The first-order valence-electron chi connectivity index (χ1n) is 5.46. The highest BCUT2D eigenvalue weighted by Crippen LogP contribution is 2.37. The molecule has 0 aromatic carbocycles. The number of aryl methyl sites for hydroxylation is 2. The molecule has 1 atom stereocenters. The monoisotopic (exact) mass is 212 g/mol. The van der Waals surface area contributed by atoms with Crippen molar-refractivity contribution in [1.82, 2.24) is 9.78 Å². The van der Waals surface area contributed by atoms with Crippen LogP contribution in [0.2, 0.25) is 0 Å². The van der Waals surface area contributed by atoms with Crippen molar-refractivity contribution in [1.29, 1.82) is 0 Å². The second-order valence-corrected chi connectivity index (χ2v) is 4.59. The highest BCUT2D eigenvalue weighted by molar-refractivity contribution is 6.20. The van der Waals surface area contributed by atoms with E-state index in [2.05, 4.69) is 22.8 Å². The van der Waals surface area contributed by atoms with Crippen molar-refractivity contribution in [3.8, 4) is 0 Å². The van der Waals surface area contributed by atoms with Crippen LogP contribution >= 0.6 is 11.6 Å². The minimum atomic E-state index is 0.384. The third-order valence-electron chi connectivity index (χ3n) is 2.91. The van der Waals surface area contributed by atoms with Crippen molar-refractivity contribution in [2.45, 2.75) is 44.5 Å². The lowest BCUT2D eigenvalue weighted by Gasteiger charge is -2.08. The fourth-order valence-corrected chi connectivity index (χ4v) is 2.20. The number of nitrogens with zero attached hydrogens (tertiary/aromatic N) is 2. The van der Waals surface area contributed by atoms with Crippen molar-refractivity contribution in [3.63, 3.8) is 0 Å². The molecule has 0 bridgehead atoms. The lowest BCUT2D eigenvalue weighted by atomic mass is 10.1. The Balaban J connectivity index is 1.84. The van der Waals surface area contributed by atoms with E-state index >= 15 is 0 Å². The SMILES string of the molecule is CCn1nccc1CCC(Cl)C1CC1. The fourth-order valence-electron chi connectivity index (χ4n) is 1.84. The van der Waals surface area contributed by atoms with E-state index in [0.29, 0.717) is 5.38 Å². The van der Waals surface area contributed by atoms with E-state index in [9.17, 15) is 0 Å². The summed E-state index contributed by atoms with van der Waals surface area (Å²) in [6, 6.07) is 2.10. The molecule has 3 heteroatoms. The van der Waals surface area contributed by atoms with Crippen molar-refractivity contribution in [3.05, 3.63) is 18.0 Å². The lowest BCUT2D eigenvalue weighted by molar-refractivity contribution is 0.592. The number of alkyl halides is 1. The third-order valence-corrected chi connectivity index (χ3v) is 3.49. The standard InChI is InChI=1S/C11H17ClN2/c1-2-14-10(7-8-13-14)5-6-11(12)9-3-4-9/h7-9,11H,2-6H2,1H3. The molecule has 1 aromatic heterocycles. The summed E-state index contributed by atoms with van der Waals surface area (Å²) in [5.74, 6) is 0.801. The van der Waals surface area contributed by atoms with E-state index in [-0.39, 0.29) is 0 Å². The Labute approximate surface area is 90.3 Å². The molecule has 0 N–H and O–H groups in total. The summed E-state index contributed by atoms with van der Waals surface area (Å²) in [5, 5.41) is 4.63. The molecule has 0 aliphatic heterocycles. The van der Waals surface area contributed by atoms with Gasteiger partial charge in [-0.3, -0.25) is 4.68 Å². The Morgan fingerprint density at radius 2 is 2.43 bits per heavy atom. The van der Waals surface area contributed by atoms with Gasteiger partial charge in [0.25, 0.3) is 0 Å². The van der Waals surface area contributed by atoms with Crippen molar-refractivity contribution in [2.75, 3.05) is 0 Å². The first-order valence-corrected chi connectivity index (χ1v) is 5.89. The molecule has 14 heavy (non-hydrogen) atoms. The van der Waals surface area contributed by atoms with Gasteiger partial charge in [0.2, 0.25) is 0 Å². The van der Waals surface area contributed by atoms with Gasteiger partial charge in [-0.25, -0.2) is 0 Å². The molecule has 1 unspecified atom stereocenters. The first-order chi connectivity index (χ1) is 6.81. The van der Waals surface area contributed by atoms with E-state index in [0.717, 1.165) is 25.3 Å². The van der Waals surface area contributed by atoms with Gasteiger partial charge in [0.05, 0.1) is 0 Å². The Bertz CT molecular complexity index is 291. The van der Waals surface area contributed by atoms with Gasteiger partial charge in [-0.1, -0.05) is 0 Å². The number of rotatable bonds is 5. The Hall–Kier alpha value is -0.500. The maximum atomic E-state index is 6.26. The predicted molar refractivity (Wildman–Crippen MR) is 58.6 cm³/mol. The quantitative estimate of drug-likeness (QED) is 0.687. The van der Waals surface area contributed by atoms with Gasteiger partial charge < -0.3 is 0 Å². The summed E-state index contributed by atoms with van der Waals surface area (Å²) >= 11 is 6.26.